The molecule has 0 amide bonds. The van der Waals surface area contributed by atoms with E-state index in [0.717, 1.165) is 41.7 Å². The van der Waals surface area contributed by atoms with Gasteiger partial charge in [0.1, 0.15) is 5.75 Å². The lowest BCUT2D eigenvalue weighted by Crippen LogP contribution is -2.21. The molecule has 4 heteroatoms. The maximum Gasteiger partial charge on any atom is 0.122 e. The summed E-state index contributed by atoms with van der Waals surface area (Å²) < 4.78 is 12.0. The first kappa shape index (κ1) is 15.8. The van der Waals surface area contributed by atoms with Crippen molar-refractivity contribution in [2.24, 2.45) is 0 Å². The number of hydrogen-bond acceptors (Lipinski definition) is 3. The van der Waals surface area contributed by atoms with Crippen LogP contribution in [0.2, 0.25) is 0 Å². The van der Waals surface area contributed by atoms with E-state index in [2.05, 4.69) is 15.9 Å². The fourth-order valence-electron chi connectivity index (χ4n) is 2.68. The number of hydrogen-bond donors (Lipinski definition) is 1. The van der Waals surface area contributed by atoms with Crippen LogP contribution in [0, 0.1) is 0 Å². The second kappa shape index (κ2) is 8.01. The van der Waals surface area contributed by atoms with Gasteiger partial charge in [-0.2, -0.15) is 0 Å². The van der Waals surface area contributed by atoms with E-state index in [4.69, 9.17) is 9.47 Å². The third kappa shape index (κ3) is 4.76. The Morgan fingerprint density at radius 2 is 2.30 bits per heavy atom. The third-order valence-electron chi connectivity index (χ3n) is 3.79. The van der Waals surface area contributed by atoms with Crippen LogP contribution in [0.3, 0.4) is 0 Å². The van der Waals surface area contributed by atoms with Gasteiger partial charge in [-0.05, 0) is 55.9 Å². The van der Waals surface area contributed by atoms with Crippen molar-refractivity contribution >= 4 is 15.9 Å². The van der Waals surface area contributed by atoms with E-state index >= 15 is 0 Å². The highest BCUT2D eigenvalue weighted by Crippen LogP contribution is 2.25. The zero-order valence-corrected chi connectivity index (χ0v) is 13.6. The summed E-state index contributed by atoms with van der Waals surface area (Å²) in [6.07, 6.45) is 5.89. The molecule has 1 aromatic rings. The van der Waals surface area contributed by atoms with E-state index < -0.39 is 0 Å². The van der Waals surface area contributed by atoms with E-state index in [1.54, 1.807) is 7.11 Å². The lowest BCUT2D eigenvalue weighted by Gasteiger charge is -2.23. The Morgan fingerprint density at radius 1 is 1.45 bits per heavy atom. The topological polar surface area (TPSA) is 38.7 Å². The summed E-state index contributed by atoms with van der Waals surface area (Å²) in [5.74, 6) is 0.834. The normalized spacial score (nSPS) is 20.6. The Kier molecular flexibility index (Phi) is 6.33. The van der Waals surface area contributed by atoms with E-state index in [0.29, 0.717) is 12.5 Å². The van der Waals surface area contributed by atoms with Gasteiger partial charge < -0.3 is 14.6 Å². The van der Waals surface area contributed by atoms with Crippen LogP contribution in [0.25, 0.3) is 0 Å². The number of benzene rings is 1. The predicted octanol–water partition coefficient (Wildman–Crippen LogP) is 3.71. The molecular formula is C16H23BrO3. The van der Waals surface area contributed by atoms with Crippen LogP contribution < -0.4 is 4.74 Å². The largest absolute Gasteiger partial charge is 0.496 e. The van der Waals surface area contributed by atoms with Crippen LogP contribution in [0.5, 0.6) is 5.75 Å². The molecule has 0 spiro atoms. The highest BCUT2D eigenvalue weighted by molar-refractivity contribution is 9.10. The lowest BCUT2D eigenvalue weighted by atomic mass is 9.99. The Labute approximate surface area is 129 Å². The summed E-state index contributed by atoms with van der Waals surface area (Å²) >= 11 is 3.46. The molecule has 0 bridgehead atoms. The summed E-state index contributed by atoms with van der Waals surface area (Å²) in [7, 11) is 1.66. The van der Waals surface area contributed by atoms with Crippen molar-refractivity contribution in [3.05, 3.63) is 28.2 Å². The molecule has 112 valence electrons. The van der Waals surface area contributed by atoms with E-state index in [1.807, 2.05) is 18.2 Å². The minimum atomic E-state index is -0.344. The van der Waals surface area contributed by atoms with Gasteiger partial charge in [0.05, 0.1) is 19.3 Å². The average Bonchev–Trinajstić information content (AvgIpc) is 2.46. The zero-order valence-electron chi connectivity index (χ0n) is 12.0. The highest BCUT2D eigenvalue weighted by Gasteiger charge is 2.17. The zero-order chi connectivity index (χ0) is 14.4. The second-order valence-corrected chi connectivity index (χ2v) is 6.30. The van der Waals surface area contributed by atoms with Gasteiger partial charge in [0.25, 0.3) is 0 Å². The van der Waals surface area contributed by atoms with E-state index in [9.17, 15) is 5.11 Å². The molecule has 1 saturated heterocycles. The fraction of sp³-hybridized carbons (Fsp3) is 0.625. The van der Waals surface area contributed by atoms with Gasteiger partial charge in [0.15, 0.2) is 0 Å². The van der Waals surface area contributed by atoms with Crippen molar-refractivity contribution in [3.63, 3.8) is 0 Å². The first-order chi connectivity index (χ1) is 9.69. The van der Waals surface area contributed by atoms with Gasteiger partial charge in [-0.3, -0.25) is 0 Å². The quantitative estimate of drug-likeness (QED) is 0.856. The molecular weight excluding hydrogens is 320 g/mol. The van der Waals surface area contributed by atoms with Crippen molar-refractivity contribution in [1.29, 1.82) is 0 Å². The second-order valence-electron chi connectivity index (χ2n) is 5.38. The molecule has 1 fully saturated rings. The van der Waals surface area contributed by atoms with Crippen LogP contribution in [-0.4, -0.2) is 31.0 Å². The third-order valence-corrected chi connectivity index (χ3v) is 4.29. The number of aliphatic hydroxyl groups is 1. The average molecular weight is 343 g/mol. The number of halogens is 1. The Balaban J connectivity index is 1.84. The van der Waals surface area contributed by atoms with Gasteiger partial charge >= 0.3 is 0 Å². The van der Waals surface area contributed by atoms with Crippen LogP contribution in [0.4, 0.5) is 0 Å². The molecule has 2 rings (SSSR count). The molecule has 0 aliphatic carbocycles. The van der Waals surface area contributed by atoms with Crippen LogP contribution in [-0.2, 0) is 11.2 Å². The molecule has 3 nitrogen and oxygen atoms in total. The van der Waals surface area contributed by atoms with E-state index in [1.165, 1.54) is 12.8 Å². The maximum atomic E-state index is 10.2. The summed E-state index contributed by atoms with van der Waals surface area (Å²) in [4.78, 5) is 0. The summed E-state index contributed by atoms with van der Waals surface area (Å²) in [6.45, 7) is 0.875. The van der Waals surface area contributed by atoms with Crippen LogP contribution in [0.15, 0.2) is 22.7 Å². The smallest absolute Gasteiger partial charge is 0.122 e. The van der Waals surface area contributed by atoms with Crippen molar-refractivity contribution in [1.82, 2.24) is 0 Å². The summed E-state index contributed by atoms with van der Waals surface area (Å²) in [6, 6.07) is 5.89. The molecule has 20 heavy (non-hydrogen) atoms. The Bertz CT molecular complexity index is 416. The van der Waals surface area contributed by atoms with Gasteiger partial charge in [-0.1, -0.05) is 15.9 Å². The first-order valence-electron chi connectivity index (χ1n) is 7.31. The van der Waals surface area contributed by atoms with Crippen LogP contribution in [0.1, 0.15) is 37.7 Å². The van der Waals surface area contributed by atoms with E-state index in [-0.39, 0.29) is 6.10 Å². The maximum absolute atomic E-state index is 10.2. The number of aliphatic hydroxyl groups excluding tert-OH is 1. The monoisotopic (exact) mass is 342 g/mol. The first-order valence-corrected chi connectivity index (χ1v) is 8.10. The minimum absolute atomic E-state index is 0.336. The summed E-state index contributed by atoms with van der Waals surface area (Å²) in [5, 5.41) is 10.2. The van der Waals surface area contributed by atoms with Gasteiger partial charge in [-0.15, -0.1) is 0 Å². The minimum Gasteiger partial charge on any atom is -0.496 e. The molecule has 0 radical (unpaired) electrons. The van der Waals surface area contributed by atoms with Gasteiger partial charge in [0.2, 0.25) is 0 Å². The Morgan fingerprint density at radius 3 is 3.00 bits per heavy atom. The Hall–Kier alpha value is -0.580. The molecule has 1 aromatic carbocycles. The van der Waals surface area contributed by atoms with Crippen LogP contribution >= 0.6 is 15.9 Å². The van der Waals surface area contributed by atoms with Crippen molar-refractivity contribution in [3.8, 4) is 5.75 Å². The SMILES string of the molecule is COc1ccc(Br)cc1CC(O)CCC1CCCCO1. The standard InChI is InChI=1S/C16H23BrO3/c1-19-16-8-5-13(17)10-12(16)11-14(18)6-7-15-4-2-3-9-20-15/h5,8,10,14-15,18H,2-4,6-7,9,11H2,1H3. The fourth-order valence-corrected chi connectivity index (χ4v) is 3.08. The predicted molar refractivity (Wildman–Crippen MR) is 83.2 cm³/mol. The number of rotatable bonds is 6. The molecule has 1 heterocycles. The molecule has 0 aromatic heterocycles. The number of methoxy groups -OCH3 is 1. The lowest BCUT2D eigenvalue weighted by molar-refractivity contribution is 0.00231. The van der Waals surface area contributed by atoms with Crippen molar-refractivity contribution in [2.75, 3.05) is 13.7 Å². The molecule has 0 saturated carbocycles. The molecule has 1 aliphatic rings. The van der Waals surface area contributed by atoms with Crippen molar-refractivity contribution in [2.45, 2.75) is 50.7 Å². The molecule has 2 atom stereocenters. The molecule has 2 unspecified atom stereocenters. The molecule has 1 N–H and O–H groups in total. The summed E-state index contributed by atoms with van der Waals surface area (Å²) in [5.41, 5.74) is 1.04. The van der Waals surface area contributed by atoms with Crippen molar-refractivity contribution < 1.29 is 14.6 Å². The van der Waals surface area contributed by atoms with Gasteiger partial charge in [0, 0.05) is 17.5 Å². The van der Waals surface area contributed by atoms with Gasteiger partial charge in [-0.25, -0.2) is 0 Å². The number of ether oxygens (including phenoxy) is 2. The molecule has 1 aliphatic heterocycles. The highest BCUT2D eigenvalue weighted by atomic mass is 79.9.